The van der Waals surface area contributed by atoms with E-state index in [1.165, 1.54) is 0 Å². The number of hydrogen-bond donors (Lipinski definition) is 1. The number of carbonyl (C=O) groups is 1. The molecule has 0 bridgehead atoms. The summed E-state index contributed by atoms with van der Waals surface area (Å²) in [6.07, 6.45) is 1.12. The third-order valence-electron chi connectivity index (χ3n) is 2.76. The molecular formula is C13H18ClNO2. The van der Waals surface area contributed by atoms with Gasteiger partial charge in [-0.05, 0) is 38.0 Å². The molecule has 0 aromatic heterocycles. The van der Waals surface area contributed by atoms with Gasteiger partial charge in [0.2, 0.25) is 5.91 Å². The summed E-state index contributed by atoms with van der Waals surface area (Å²) in [7, 11) is 0. The minimum Gasteiger partial charge on any atom is -0.506 e. The second kappa shape index (κ2) is 6.50. The lowest BCUT2D eigenvalue weighted by atomic mass is 10.1. The van der Waals surface area contributed by atoms with Crippen LogP contribution in [0.3, 0.4) is 0 Å². The summed E-state index contributed by atoms with van der Waals surface area (Å²) < 4.78 is 0. The van der Waals surface area contributed by atoms with E-state index in [1.54, 1.807) is 18.2 Å². The number of phenolic OH excluding ortho intramolecular Hbond substituents is 1. The second-order valence-corrected chi connectivity index (χ2v) is 4.26. The molecule has 0 aliphatic carbocycles. The van der Waals surface area contributed by atoms with Gasteiger partial charge in [-0.3, -0.25) is 4.79 Å². The summed E-state index contributed by atoms with van der Waals surface area (Å²) in [5.74, 6) is 0.227. The van der Waals surface area contributed by atoms with Gasteiger partial charge >= 0.3 is 0 Å². The normalized spacial score (nSPS) is 10.3. The van der Waals surface area contributed by atoms with Crippen molar-refractivity contribution in [3.05, 3.63) is 28.8 Å². The van der Waals surface area contributed by atoms with Crippen molar-refractivity contribution >= 4 is 17.5 Å². The summed E-state index contributed by atoms with van der Waals surface area (Å²) >= 11 is 5.80. The number of halogens is 1. The molecule has 1 aromatic rings. The topological polar surface area (TPSA) is 40.5 Å². The van der Waals surface area contributed by atoms with Gasteiger partial charge in [0.15, 0.2) is 0 Å². The molecule has 0 saturated carbocycles. The first kappa shape index (κ1) is 13.8. The molecule has 0 aliphatic rings. The van der Waals surface area contributed by atoms with Crippen molar-refractivity contribution in [2.24, 2.45) is 0 Å². The maximum atomic E-state index is 11.8. The molecule has 1 aromatic carbocycles. The Balaban J connectivity index is 2.55. The van der Waals surface area contributed by atoms with Crippen LogP contribution in [0.4, 0.5) is 0 Å². The van der Waals surface area contributed by atoms with Gasteiger partial charge in [-0.2, -0.15) is 0 Å². The SMILES string of the molecule is CCN(CC)C(=O)CCc1ccc(O)c(Cl)c1. The van der Waals surface area contributed by atoms with Gasteiger partial charge in [-0.25, -0.2) is 0 Å². The summed E-state index contributed by atoms with van der Waals surface area (Å²) in [6.45, 7) is 5.43. The number of carbonyl (C=O) groups excluding carboxylic acids is 1. The third-order valence-corrected chi connectivity index (χ3v) is 3.06. The van der Waals surface area contributed by atoms with E-state index in [-0.39, 0.29) is 11.7 Å². The smallest absolute Gasteiger partial charge is 0.222 e. The Morgan fingerprint density at radius 2 is 2.00 bits per heavy atom. The van der Waals surface area contributed by atoms with E-state index in [0.717, 1.165) is 18.7 Å². The fourth-order valence-corrected chi connectivity index (χ4v) is 1.89. The largest absolute Gasteiger partial charge is 0.506 e. The van der Waals surface area contributed by atoms with Gasteiger partial charge < -0.3 is 10.0 Å². The molecule has 0 unspecified atom stereocenters. The van der Waals surface area contributed by atoms with Crippen molar-refractivity contribution in [3.63, 3.8) is 0 Å². The van der Waals surface area contributed by atoms with Crippen LogP contribution in [0.5, 0.6) is 5.75 Å². The molecule has 0 heterocycles. The molecule has 3 nitrogen and oxygen atoms in total. The average molecular weight is 256 g/mol. The quantitative estimate of drug-likeness (QED) is 0.879. The molecule has 4 heteroatoms. The molecule has 0 saturated heterocycles. The fraction of sp³-hybridized carbons (Fsp3) is 0.462. The zero-order chi connectivity index (χ0) is 12.8. The van der Waals surface area contributed by atoms with Crippen LogP contribution < -0.4 is 0 Å². The Labute approximate surface area is 107 Å². The van der Waals surface area contributed by atoms with Crippen LogP contribution in [-0.2, 0) is 11.2 Å². The highest BCUT2D eigenvalue weighted by molar-refractivity contribution is 6.32. The van der Waals surface area contributed by atoms with E-state index >= 15 is 0 Å². The molecule has 0 atom stereocenters. The van der Waals surface area contributed by atoms with Gasteiger partial charge in [-0.15, -0.1) is 0 Å². The Kier molecular flexibility index (Phi) is 5.29. The maximum absolute atomic E-state index is 11.8. The first-order chi connectivity index (χ1) is 8.08. The fourth-order valence-electron chi connectivity index (χ4n) is 1.69. The van der Waals surface area contributed by atoms with Crippen LogP contribution in [0.1, 0.15) is 25.8 Å². The van der Waals surface area contributed by atoms with E-state index in [2.05, 4.69) is 0 Å². The standard InChI is InChI=1S/C13H18ClNO2/c1-3-15(4-2)13(17)8-6-10-5-7-12(16)11(14)9-10/h5,7,9,16H,3-4,6,8H2,1-2H3. The molecule has 1 amide bonds. The minimum atomic E-state index is 0.0745. The van der Waals surface area contributed by atoms with Gasteiger partial charge in [0.1, 0.15) is 5.75 Å². The number of hydrogen-bond acceptors (Lipinski definition) is 2. The molecule has 0 spiro atoms. The van der Waals surface area contributed by atoms with E-state index in [0.29, 0.717) is 17.9 Å². The minimum absolute atomic E-state index is 0.0745. The lowest BCUT2D eigenvalue weighted by Gasteiger charge is -2.18. The molecule has 0 radical (unpaired) electrons. The molecule has 94 valence electrons. The average Bonchev–Trinajstić information content (AvgIpc) is 2.32. The molecule has 1 N–H and O–H groups in total. The second-order valence-electron chi connectivity index (χ2n) is 3.85. The van der Waals surface area contributed by atoms with Gasteiger partial charge in [-0.1, -0.05) is 17.7 Å². The summed E-state index contributed by atoms with van der Waals surface area (Å²) in [4.78, 5) is 13.6. The lowest BCUT2D eigenvalue weighted by Crippen LogP contribution is -2.30. The van der Waals surface area contributed by atoms with Crippen LogP contribution in [0.25, 0.3) is 0 Å². The zero-order valence-corrected chi connectivity index (χ0v) is 11.0. The van der Waals surface area contributed by atoms with Crippen molar-refractivity contribution in [1.82, 2.24) is 4.90 Å². The Hall–Kier alpha value is -1.22. The van der Waals surface area contributed by atoms with Crippen molar-refractivity contribution in [3.8, 4) is 5.75 Å². The number of benzene rings is 1. The number of aryl methyl sites for hydroxylation is 1. The van der Waals surface area contributed by atoms with Crippen molar-refractivity contribution in [2.45, 2.75) is 26.7 Å². The van der Waals surface area contributed by atoms with Crippen LogP contribution in [0.2, 0.25) is 5.02 Å². The highest BCUT2D eigenvalue weighted by atomic mass is 35.5. The monoisotopic (exact) mass is 255 g/mol. The molecular weight excluding hydrogens is 238 g/mol. The van der Waals surface area contributed by atoms with Crippen molar-refractivity contribution in [1.29, 1.82) is 0 Å². The number of rotatable bonds is 5. The van der Waals surface area contributed by atoms with Crippen molar-refractivity contribution in [2.75, 3.05) is 13.1 Å². The molecule has 0 aliphatic heterocycles. The van der Waals surface area contributed by atoms with Gasteiger partial charge in [0.05, 0.1) is 5.02 Å². The molecule has 17 heavy (non-hydrogen) atoms. The van der Waals surface area contributed by atoms with Crippen LogP contribution in [0.15, 0.2) is 18.2 Å². The predicted octanol–water partition coefficient (Wildman–Crippen LogP) is 2.85. The van der Waals surface area contributed by atoms with E-state index in [4.69, 9.17) is 11.6 Å². The summed E-state index contributed by atoms with van der Waals surface area (Å²) in [6, 6.07) is 5.04. The van der Waals surface area contributed by atoms with Gasteiger partial charge in [0, 0.05) is 19.5 Å². The number of phenols is 1. The van der Waals surface area contributed by atoms with Crippen LogP contribution in [0, 0.1) is 0 Å². The van der Waals surface area contributed by atoms with Crippen molar-refractivity contribution < 1.29 is 9.90 Å². The first-order valence-electron chi connectivity index (χ1n) is 5.83. The maximum Gasteiger partial charge on any atom is 0.222 e. The summed E-state index contributed by atoms with van der Waals surface area (Å²) in [5.41, 5.74) is 0.966. The Morgan fingerprint density at radius 1 is 1.35 bits per heavy atom. The van der Waals surface area contributed by atoms with Crippen LogP contribution in [-0.4, -0.2) is 29.0 Å². The first-order valence-corrected chi connectivity index (χ1v) is 6.21. The molecule has 1 rings (SSSR count). The summed E-state index contributed by atoms with van der Waals surface area (Å²) in [5, 5.41) is 9.61. The number of amides is 1. The highest BCUT2D eigenvalue weighted by Crippen LogP contribution is 2.24. The van der Waals surface area contributed by atoms with Crippen LogP contribution >= 0.6 is 11.6 Å². The van der Waals surface area contributed by atoms with Gasteiger partial charge in [0.25, 0.3) is 0 Å². The van der Waals surface area contributed by atoms with E-state index < -0.39 is 0 Å². The Morgan fingerprint density at radius 3 is 2.53 bits per heavy atom. The zero-order valence-electron chi connectivity index (χ0n) is 10.2. The van der Waals surface area contributed by atoms with E-state index in [1.807, 2.05) is 18.7 Å². The Bertz CT molecular complexity index is 389. The van der Waals surface area contributed by atoms with E-state index in [9.17, 15) is 9.90 Å². The number of aromatic hydroxyl groups is 1. The lowest BCUT2D eigenvalue weighted by molar-refractivity contribution is -0.130. The predicted molar refractivity (Wildman–Crippen MR) is 69.4 cm³/mol. The highest BCUT2D eigenvalue weighted by Gasteiger charge is 2.09. The molecule has 0 fully saturated rings. The third kappa shape index (κ3) is 3.93. The number of nitrogens with zero attached hydrogens (tertiary/aromatic N) is 1.